The first kappa shape index (κ1) is 36.6. The molecule has 9 aromatic carbocycles. The summed E-state index contributed by atoms with van der Waals surface area (Å²) in [5, 5.41) is 0. The zero-order valence-corrected chi connectivity index (χ0v) is 35.7. The lowest BCUT2D eigenvalue weighted by Crippen LogP contribution is -2.28. The molecule has 3 aliphatic carbocycles. The molecule has 0 unspecified atom stereocenters. The van der Waals surface area contributed by atoms with Crippen LogP contribution in [0.25, 0.3) is 44.5 Å². The molecule has 0 saturated heterocycles. The normalized spacial score (nSPS) is 15.2. The van der Waals surface area contributed by atoms with Crippen LogP contribution in [0.2, 0.25) is 0 Å². The van der Waals surface area contributed by atoms with Crippen molar-refractivity contribution in [2.24, 2.45) is 0 Å². The van der Waals surface area contributed by atoms with Gasteiger partial charge < -0.3 is 4.90 Å². The van der Waals surface area contributed by atoms with E-state index in [2.05, 4.69) is 245 Å². The van der Waals surface area contributed by atoms with Crippen LogP contribution in [0.5, 0.6) is 0 Å². The smallest absolute Gasteiger partial charge is 0.0714 e. The number of benzene rings is 9. The number of hydrogen-bond acceptors (Lipinski definition) is 1. The van der Waals surface area contributed by atoms with Gasteiger partial charge in [0.2, 0.25) is 0 Å². The van der Waals surface area contributed by atoms with Crippen LogP contribution < -0.4 is 4.90 Å². The van der Waals surface area contributed by atoms with Crippen molar-refractivity contribution in [1.82, 2.24) is 0 Å². The zero-order chi connectivity index (χ0) is 41.8. The molecule has 9 aromatic rings. The van der Waals surface area contributed by atoms with E-state index in [-0.39, 0.29) is 10.8 Å². The van der Waals surface area contributed by atoms with Gasteiger partial charge in [0, 0.05) is 27.8 Å². The summed E-state index contributed by atoms with van der Waals surface area (Å²) < 4.78 is 0. The van der Waals surface area contributed by atoms with E-state index in [0.29, 0.717) is 0 Å². The number of hydrogen-bond donors (Lipinski definition) is 0. The molecule has 0 saturated carbocycles. The number of para-hydroxylation sites is 1. The molecule has 0 bridgehead atoms. The van der Waals surface area contributed by atoms with Gasteiger partial charge in [0.25, 0.3) is 0 Å². The van der Waals surface area contributed by atoms with Crippen LogP contribution in [0.4, 0.5) is 17.1 Å². The molecule has 0 spiro atoms. The van der Waals surface area contributed by atoms with Crippen molar-refractivity contribution < 1.29 is 0 Å². The molecule has 0 fully saturated rings. The monoisotopic (exact) mass is 793 g/mol. The summed E-state index contributed by atoms with van der Waals surface area (Å²) in [4.78, 5) is 2.54. The third kappa shape index (κ3) is 4.97. The second-order valence-corrected chi connectivity index (χ2v) is 18.4. The maximum absolute atomic E-state index is 2.54. The molecule has 0 radical (unpaired) electrons. The quantitative estimate of drug-likeness (QED) is 0.162. The maximum atomic E-state index is 2.54. The Labute approximate surface area is 365 Å². The van der Waals surface area contributed by atoms with E-state index in [4.69, 9.17) is 0 Å². The fourth-order valence-corrected chi connectivity index (χ4v) is 11.7. The summed E-state index contributed by atoms with van der Waals surface area (Å²) in [6.45, 7) is 9.48. The van der Waals surface area contributed by atoms with Gasteiger partial charge in [-0.3, -0.25) is 0 Å². The van der Waals surface area contributed by atoms with Crippen LogP contribution in [-0.4, -0.2) is 0 Å². The van der Waals surface area contributed by atoms with Crippen molar-refractivity contribution >= 4 is 17.1 Å². The Hall–Kier alpha value is -7.22. The molecule has 3 aliphatic rings. The molecule has 0 N–H and O–H groups in total. The molecule has 0 heterocycles. The average molecular weight is 794 g/mol. The van der Waals surface area contributed by atoms with Crippen LogP contribution in [0, 0.1) is 0 Å². The van der Waals surface area contributed by atoms with Crippen molar-refractivity contribution in [1.29, 1.82) is 0 Å². The van der Waals surface area contributed by atoms with E-state index >= 15 is 0 Å². The first-order chi connectivity index (χ1) is 30.3. The van der Waals surface area contributed by atoms with Gasteiger partial charge in [-0.1, -0.05) is 210 Å². The highest BCUT2D eigenvalue weighted by atomic mass is 15.1. The van der Waals surface area contributed by atoms with Gasteiger partial charge in [0.15, 0.2) is 0 Å². The van der Waals surface area contributed by atoms with E-state index in [0.717, 1.165) is 17.1 Å². The molecule has 0 aromatic heterocycles. The second kappa shape index (κ2) is 13.4. The van der Waals surface area contributed by atoms with Gasteiger partial charge in [-0.25, -0.2) is 0 Å². The maximum Gasteiger partial charge on any atom is 0.0714 e. The summed E-state index contributed by atoms with van der Waals surface area (Å²) in [6.07, 6.45) is 0. The average Bonchev–Trinajstić information content (AvgIpc) is 3.84. The van der Waals surface area contributed by atoms with Crippen LogP contribution in [0.15, 0.2) is 212 Å². The molecule has 0 aliphatic heterocycles. The number of fused-ring (bicyclic) bond motifs is 9. The van der Waals surface area contributed by atoms with Gasteiger partial charge in [-0.15, -0.1) is 0 Å². The van der Waals surface area contributed by atoms with Gasteiger partial charge >= 0.3 is 0 Å². The highest BCUT2D eigenvalue weighted by Crippen LogP contribution is 2.59. The molecule has 296 valence electrons. The Morgan fingerprint density at radius 1 is 0.290 bits per heavy atom. The predicted octanol–water partition coefficient (Wildman–Crippen LogP) is 15.8. The van der Waals surface area contributed by atoms with Crippen molar-refractivity contribution in [2.75, 3.05) is 4.90 Å². The summed E-state index contributed by atoms with van der Waals surface area (Å²) in [6, 6.07) is 79.8. The van der Waals surface area contributed by atoms with Crippen LogP contribution in [0.3, 0.4) is 0 Å². The van der Waals surface area contributed by atoms with E-state index < -0.39 is 5.41 Å². The molecular weight excluding hydrogens is 747 g/mol. The largest absolute Gasteiger partial charge is 0.310 e. The number of nitrogens with zero attached hydrogens (tertiary/aromatic N) is 1. The number of anilines is 3. The minimum atomic E-state index is -0.522. The Bertz CT molecular complexity index is 3200. The molecule has 0 atom stereocenters. The van der Waals surface area contributed by atoms with Crippen molar-refractivity contribution in [3.63, 3.8) is 0 Å². The van der Waals surface area contributed by atoms with Crippen molar-refractivity contribution in [3.05, 3.63) is 257 Å². The standard InChI is InChI=1S/C61H47N/c1-59(2)51-29-15-11-25-45(51)50-38-42(35-37-53(50)59)62(57-33-18-14-26-47(57)48-28-19-32-55-58(48)49-27-13-16-30-52(49)60(55,3)4)43-34-36-46-44-24-12-17-31-54(44)61(56(46)39-43,40-20-7-5-8-21-40)41-22-9-6-10-23-41/h5-39H,1-4H3. The summed E-state index contributed by atoms with van der Waals surface area (Å²) >= 11 is 0. The number of rotatable bonds is 6. The molecular formula is C61H47N. The van der Waals surface area contributed by atoms with Crippen molar-refractivity contribution in [2.45, 2.75) is 43.9 Å². The lowest BCUT2D eigenvalue weighted by molar-refractivity contribution is 0.660. The summed E-state index contributed by atoms with van der Waals surface area (Å²) in [5.41, 5.74) is 23.6. The Kier molecular flexibility index (Phi) is 7.91. The molecule has 62 heavy (non-hydrogen) atoms. The Balaban J connectivity index is 1.15. The van der Waals surface area contributed by atoms with Gasteiger partial charge in [-0.2, -0.15) is 0 Å². The fraction of sp³-hybridized carbons (Fsp3) is 0.115. The highest BCUT2D eigenvalue weighted by molar-refractivity contribution is 5.99. The minimum Gasteiger partial charge on any atom is -0.310 e. The van der Waals surface area contributed by atoms with Crippen LogP contribution >= 0.6 is 0 Å². The predicted molar refractivity (Wildman–Crippen MR) is 259 cm³/mol. The fourth-order valence-electron chi connectivity index (χ4n) is 11.7. The van der Waals surface area contributed by atoms with Crippen molar-refractivity contribution in [3.8, 4) is 44.5 Å². The Morgan fingerprint density at radius 2 is 0.742 bits per heavy atom. The van der Waals surface area contributed by atoms with E-state index in [1.165, 1.54) is 89.0 Å². The van der Waals surface area contributed by atoms with E-state index in [1.54, 1.807) is 0 Å². The second-order valence-electron chi connectivity index (χ2n) is 18.4. The molecule has 1 nitrogen and oxygen atoms in total. The van der Waals surface area contributed by atoms with Gasteiger partial charge in [0.1, 0.15) is 0 Å². The SMILES string of the molecule is CC1(C)c2ccccc2-c2cc(N(c3ccc4c(c3)C(c3ccccc3)(c3ccccc3)c3ccccc3-4)c3ccccc3-c3cccc4c3-c3ccccc3C4(C)C)ccc21. The third-order valence-corrected chi connectivity index (χ3v) is 14.6. The minimum absolute atomic E-state index is 0.0949. The molecule has 1 heteroatoms. The van der Waals surface area contributed by atoms with Gasteiger partial charge in [-0.05, 0) is 114 Å². The van der Waals surface area contributed by atoms with Crippen LogP contribution in [0.1, 0.15) is 72.2 Å². The molecule has 12 rings (SSSR count). The van der Waals surface area contributed by atoms with E-state index in [9.17, 15) is 0 Å². The lowest BCUT2D eigenvalue weighted by atomic mass is 9.67. The van der Waals surface area contributed by atoms with Gasteiger partial charge in [0.05, 0.1) is 11.1 Å². The van der Waals surface area contributed by atoms with Crippen LogP contribution in [-0.2, 0) is 16.2 Å². The summed E-state index contributed by atoms with van der Waals surface area (Å²) in [5.74, 6) is 0. The summed E-state index contributed by atoms with van der Waals surface area (Å²) in [7, 11) is 0. The zero-order valence-electron chi connectivity index (χ0n) is 35.7. The third-order valence-electron chi connectivity index (χ3n) is 14.6. The topological polar surface area (TPSA) is 3.24 Å². The molecule has 0 amide bonds. The first-order valence-corrected chi connectivity index (χ1v) is 22.0. The first-order valence-electron chi connectivity index (χ1n) is 22.0. The Morgan fingerprint density at radius 3 is 1.44 bits per heavy atom. The highest BCUT2D eigenvalue weighted by Gasteiger charge is 2.46. The lowest BCUT2D eigenvalue weighted by Gasteiger charge is -2.35. The van der Waals surface area contributed by atoms with E-state index in [1.807, 2.05) is 0 Å².